The zero-order valence-corrected chi connectivity index (χ0v) is 9.86. The van der Waals surface area contributed by atoms with Gasteiger partial charge >= 0.3 is 0 Å². The van der Waals surface area contributed by atoms with E-state index in [-0.39, 0.29) is 5.91 Å². The summed E-state index contributed by atoms with van der Waals surface area (Å²) in [6.07, 6.45) is 3.04. The van der Waals surface area contributed by atoms with Crippen LogP contribution in [0.4, 0.5) is 5.69 Å². The van der Waals surface area contributed by atoms with Crippen molar-refractivity contribution in [3.63, 3.8) is 0 Å². The lowest BCUT2D eigenvalue weighted by atomic mass is 10.1. The van der Waals surface area contributed by atoms with Crippen LogP contribution < -0.4 is 4.90 Å². The van der Waals surface area contributed by atoms with Crippen molar-refractivity contribution in [1.82, 2.24) is 0 Å². The van der Waals surface area contributed by atoms with Crippen molar-refractivity contribution in [2.24, 2.45) is 0 Å². The van der Waals surface area contributed by atoms with Crippen molar-refractivity contribution < 1.29 is 4.79 Å². The maximum atomic E-state index is 11.8. The first-order chi connectivity index (χ1) is 7.61. The number of carbonyl (C=O) groups excluding carboxylic acids is 1. The van der Waals surface area contributed by atoms with E-state index in [1.165, 1.54) is 6.08 Å². The molecule has 1 aromatic rings. The van der Waals surface area contributed by atoms with Gasteiger partial charge in [-0.1, -0.05) is 30.9 Å². The predicted molar refractivity (Wildman–Crippen MR) is 68.7 cm³/mol. The molecule has 16 heavy (non-hydrogen) atoms. The number of hydrogen-bond acceptors (Lipinski definition) is 1. The average Bonchev–Trinajstić information content (AvgIpc) is 2.26. The molecular weight excluding hydrogens is 198 g/mol. The van der Waals surface area contributed by atoms with Crippen LogP contribution in [-0.4, -0.2) is 12.5 Å². The van der Waals surface area contributed by atoms with Gasteiger partial charge in [0, 0.05) is 6.54 Å². The van der Waals surface area contributed by atoms with E-state index in [0.717, 1.165) is 16.8 Å². The lowest BCUT2D eigenvalue weighted by molar-refractivity contribution is -0.114. The van der Waals surface area contributed by atoms with Crippen LogP contribution in [0.1, 0.15) is 11.1 Å². The van der Waals surface area contributed by atoms with Crippen molar-refractivity contribution in [3.8, 4) is 0 Å². The topological polar surface area (TPSA) is 20.3 Å². The van der Waals surface area contributed by atoms with Crippen LogP contribution in [0.25, 0.3) is 0 Å². The Morgan fingerprint density at radius 2 is 1.88 bits per heavy atom. The molecule has 0 atom stereocenters. The molecular formula is C14H17NO. The molecule has 0 heterocycles. The summed E-state index contributed by atoms with van der Waals surface area (Å²) in [4.78, 5) is 13.5. The number of benzene rings is 1. The van der Waals surface area contributed by atoms with Crippen LogP contribution in [0.2, 0.25) is 0 Å². The van der Waals surface area contributed by atoms with E-state index in [9.17, 15) is 4.79 Å². The van der Waals surface area contributed by atoms with Gasteiger partial charge in [0.25, 0.3) is 5.91 Å². The van der Waals surface area contributed by atoms with Gasteiger partial charge in [0.15, 0.2) is 0 Å². The lowest BCUT2D eigenvalue weighted by Crippen LogP contribution is -2.30. The minimum Gasteiger partial charge on any atom is -0.305 e. The quantitative estimate of drug-likeness (QED) is 0.558. The number of amides is 1. The Morgan fingerprint density at radius 1 is 1.31 bits per heavy atom. The monoisotopic (exact) mass is 215 g/mol. The Morgan fingerprint density at radius 3 is 2.31 bits per heavy atom. The second kappa shape index (κ2) is 5.31. The summed E-state index contributed by atoms with van der Waals surface area (Å²) in [5.74, 6) is -0.0997. The predicted octanol–water partition coefficient (Wildman–Crippen LogP) is 3.01. The van der Waals surface area contributed by atoms with Crippen molar-refractivity contribution >= 4 is 11.6 Å². The molecule has 0 aliphatic carbocycles. The van der Waals surface area contributed by atoms with Crippen LogP contribution in [0, 0.1) is 13.8 Å². The Balaban J connectivity index is 3.24. The van der Waals surface area contributed by atoms with Crippen molar-refractivity contribution in [2.45, 2.75) is 13.8 Å². The van der Waals surface area contributed by atoms with E-state index in [1.54, 1.807) is 11.0 Å². The van der Waals surface area contributed by atoms with Crippen molar-refractivity contribution in [3.05, 3.63) is 54.6 Å². The van der Waals surface area contributed by atoms with E-state index < -0.39 is 0 Å². The zero-order chi connectivity index (χ0) is 12.1. The molecule has 1 rings (SSSR count). The van der Waals surface area contributed by atoms with Gasteiger partial charge < -0.3 is 4.90 Å². The number of anilines is 1. The van der Waals surface area contributed by atoms with Gasteiger partial charge in [0.2, 0.25) is 0 Å². The van der Waals surface area contributed by atoms with Gasteiger partial charge in [-0.05, 0) is 31.1 Å². The number of para-hydroxylation sites is 1. The van der Waals surface area contributed by atoms with E-state index in [0.29, 0.717) is 6.54 Å². The molecule has 0 aromatic heterocycles. The third-order valence-corrected chi connectivity index (χ3v) is 2.46. The van der Waals surface area contributed by atoms with E-state index in [4.69, 9.17) is 0 Å². The highest BCUT2D eigenvalue weighted by atomic mass is 16.2. The average molecular weight is 215 g/mol. The first-order valence-electron chi connectivity index (χ1n) is 5.23. The normalized spacial score (nSPS) is 9.62. The van der Waals surface area contributed by atoms with Crippen LogP contribution in [0.3, 0.4) is 0 Å². The first kappa shape index (κ1) is 12.2. The third kappa shape index (κ3) is 2.40. The summed E-state index contributed by atoms with van der Waals surface area (Å²) in [6.45, 7) is 11.7. The summed E-state index contributed by atoms with van der Waals surface area (Å²) in [6, 6.07) is 5.97. The Bertz CT molecular complexity index is 400. The molecule has 0 fully saturated rings. The summed E-state index contributed by atoms with van der Waals surface area (Å²) in [5.41, 5.74) is 3.11. The molecule has 2 heteroatoms. The lowest BCUT2D eigenvalue weighted by Gasteiger charge is -2.23. The smallest absolute Gasteiger partial charge is 0.250 e. The molecule has 0 bridgehead atoms. The summed E-state index contributed by atoms with van der Waals surface area (Å²) >= 11 is 0. The van der Waals surface area contributed by atoms with Crippen molar-refractivity contribution in [1.29, 1.82) is 0 Å². The van der Waals surface area contributed by atoms with Gasteiger partial charge in [-0.25, -0.2) is 0 Å². The Kier molecular flexibility index (Phi) is 4.06. The van der Waals surface area contributed by atoms with E-state index in [1.807, 2.05) is 32.0 Å². The summed E-state index contributed by atoms with van der Waals surface area (Å²) in [5, 5.41) is 0. The maximum Gasteiger partial charge on any atom is 0.250 e. The second-order valence-corrected chi connectivity index (χ2v) is 3.68. The molecule has 0 saturated carbocycles. The highest BCUT2D eigenvalue weighted by Crippen LogP contribution is 2.24. The number of rotatable bonds is 4. The molecule has 2 nitrogen and oxygen atoms in total. The fourth-order valence-corrected chi connectivity index (χ4v) is 1.76. The largest absolute Gasteiger partial charge is 0.305 e. The zero-order valence-electron chi connectivity index (χ0n) is 9.86. The molecule has 0 N–H and O–H groups in total. The van der Waals surface area contributed by atoms with Crippen LogP contribution >= 0.6 is 0 Å². The first-order valence-corrected chi connectivity index (χ1v) is 5.23. The number of hydrogen-bond donors (Lipinski definition) is 0. The molecule has 1 aromatic carbocycles. The van der Waals surface area contributed by atoms with Gasteiger partial charge in [-0.15, -0.1) is 6.58 Å². The molecule has 0 unspecified atom stereocenters. The number of nitrogens with zero attached hydrogens (tertiary/aromatic N) is 1. The highest BCUT2D eigenvalue weighted by molar-refractivity contribution is 6.02. The SMILES string of the molecule is C=CCN(C(=O)C=C)c1c(C)cccc1C. The summed E-state index contributed by atoms with van der Waals surface area (Å²) in [7, 11) is 0. The fourth-order valence-electron chi connectivity index (χ4n) is 1.76. The molecule has 0 aliphatic heterocycles. The van der Waals surface area contributed by atoms with E-state index in [2.05, 4.69) is 13.2 Å². The van der Waals surface area contributed by atoms with Gasteiger partial charge in [0.1, 0.15) is 0 Å². The Hall–Kier alpha value is -1.83. The van der Waals surface area contributed by atoms with Crippen LogP contribution in [0.15, 0.2) is 43.5 Å². The minimum absolute atomic E-state index is 0.0997. The molecule has 0 saturated heterocycles. The molecule has 84 valence electrons. The Labute approximate surface area is 96.9 Å². The molecule has 0 radical (unpaired) electrons. The fraction of sp³-hybridized carbons (Fsp3) is 0.214. The maximum absolute atomic E-state index is 11.8. The summed E-state index contributed by atoms with van der Waals surface area (Å²) < 4.78 is 0. The van der Waals surface area contributed by atoms with Gasteiger partial charge in [-0.2, -0.15) is 0 Å². The van der Waals surface area contributed by atoms with Crippen molar-refractivity contribution in [2.75, 3.05) is 11.4 Å². The number of aryl methyl sites for hydroxylation is 2. The second-order valence-electron chi connectivity index (χ2n) is 3.68. The third-order valence-electron chi connectivity index (χ3n) is 2.46. The molecule has 0 spiro atoms. The minimum atomic E-state index is -0.0997. The van der Waals surface area contributed by atoms with Crippen LogP contribution in [0.5, 0.6) is 0 Å². The highest BCUT2D eigenvalue weighted by Gasteiger charge is 2.15. The van der Waals surface area contributed by atoms with Gasteiger partial charge in [0.05, 0.1) is 5.69 Å². The number of carbonyl (C=O) groups is 1. The van der Waals surface area contributed by atoms with Crippen LogP contribution in [-0.2, 0) is 4.79 Å². The standard InChI is InChI=1S/C14H17NO/c1-5-10-15(13(16)6-2)14-11(3)8-7-9-12(14)4/h5-9H,1-2,10H2,3-4H3. The molecule has 0 aliphatic rings. The van der Waals surface area contributed by atoms with E-state index >= 15 is 0 Å². The molecule has 1 amide bonds. The van der Waals surface area contributed by atoms with Gasteiger partial charge in [-0.3, -0.25) is 4.79 Å².